The molecule has 0 bridgehead atoms. The third kappa shape index (κ3) is 8.93. The van der Waals surface area contributed by atoms with Crippen molar-refractivity contribution >= 4 is 43.5 Å². The minimum Gasteiger partial charge on any atom is -0.354 e. The van der Waals surface area contributed by atoms with Crippen LogP contribution in [0.15, 0.2) is 83.3 Å². The first-order valence-corrected chi connectivity index (χ1v) is 16.2. The first-order valence-electron chi connectivity index (χ1n) is 13.5. The SMILES string of the molecule is CCCCNC(=O)[C@H](Cc1ccccc1)N(Cc1ccc(Br)cc1)C(=O)CN(c1ccccc1CC)S(C)(=O)=O. The van der Waals surface area contributed by atoms with E-state index in [1.165, 1.54) is 4.90 Å². The Morgan fingerprint density at radius 1 is 0.900 bits per heavy atom. The monoisotopic (exact) mass is 627 g/mol. The highest BCUT2D eigenvalue weighted by molar-refractivity contribution is 9.10. The smallest absolute Gasteiger partial charge is 0.244 e. The lowest BCUT2D eigenvalue weighted by Crippen LogP contribution is -2.53. The maximum atomic E-state index is 14.1. The Kier molecular flexibility index (Phi) is 11.8. The summed E-state index contributed by atoms with van der Waals surface area (Å²) < 4.78 is 28.0. The van der Waals surface area contributed by atoms with Crippen molar-refractivity contribution in [1.29, 1.82) is 0 Å². The second-order valence-corrected chi connectivity index (χ2v) is 12.6. The van der Waals surface area contributed by atoms with Crippen molar-refractivity contribution in [3.05, 3.63) is 100 Å². The molecule has 40 heavy (non-hydrogen) atoms. The van der Waals surface area contributed by atoms with Crippen LogP contribution in [0.2, 0.25) is 0 Å². The fourth-order valence-electron chi connectivity index (χ4n) is 4.49. The molecule has 2 amide bonds. The van der Waals surface area contributed by atoms with Crippen molar-refractivity contribution in [2.75, 3.05) is 23.7 Å². The van der Waals surface area contributed by atoms with Crippen molar-refractivity contribution in [3.63, 3.8) is 0 Å². The van der Waals surface area contributed by atoms with E-state index in [-0.39, 0.29) is 12.5 Å². The Morgan fingerprint density at radius 2 is 1.55 bits per heavy atom. The van der Waals surface area contributed by atoms with Gasteiger partial charge >= 0.3 is 0 Å². The summed E-state index contributed by atoms with van der Waals surface area (Å²) in [6.45, 7) is 4.22. The molecular formula is C31H38BrN3O4S. The molecule has 1 atom stereocenters. The number of hydrogen-bond donors (Lipinski definition) is 1. The Hall–Kier alpha value is -3.17. The van der Waals surface area contributed by atoms with Crippen LogP contribution in [0.1, 0.15) is 43.4 Å². The highest BCUT2D eigenvalue weighted by Crippen LogP contribution is 2.25. The number of nitrogens with one attached hydrogen (secondary N) is 1. The molecule has 7 nitrogen and oxygen atoms in total. The van der Waals surface area contributed by atoms with E-state index in [9.17, 15) is 18.0 Å². The first kappa shape index (κ1) is 31.4. The topological polar surface area (TPSA) is 86.8 Å². The minimum absolute atomic E-state index is 0.151. The molecule has 3 aromatic rings. The molecule has 0 aliphatic rings. The van der Waals surface area contributed by atoms with Gasteiger partial charge in [-0.3, -0.25) is 13.9 Å². The molecule has 1 N–H and O–H groups in total. The molecule has 0 aliphatic heterocycles. The molecule has 0 spiro atoms. The standard InChI is InChI=1S/C31H38BrN3O4S/c1-4-6-20-33-31(37)29(21-24-12-8-7-9-13-24)34(22-25-16-18-27(32)19-17-25)30(36)23-35(40(3,38)39)28-15-11-10-14-26(28)5-2/h7-19,29H,4-6,20-23H2,1-3H3,(H,33,37)/t29-/m0/s1. The van der Waals surface area contributed by atoms with Crippen molar-refractivity contribution in [1.82, 2.24) is 10.2 Å². The van der Waals surface area contributed by atoms with Crippen LogP contribution in [0.5, 0.6) is 0 Å². The van der Waals surface area contributed by atoms with Gasteiger partial charge in [0.15, 0.2) is 0 Å². The number of unbranched alkanes of at least 4 members (excludes halogenated alkanes) is 1. The van der Waals surface area contributed by atoms with Crippen molar-refractivity contribution in [2.24, 2.45) is 0 Å². The summed E-state index contributed by atoms with van der Waals surface area (Å²) in [6, 6.07) is 23.4. The van der Waals surface area contributed by atoms with Gasteiger partial charge < -0.3 is 10.2 Å². The summed E-state index contributed by atoms with van der Waals surface area (Å²) in [7, 11) is -3.80. The average Bonchev–Trinajstić information content (AvgIpc) is 2.94. The molecule has 214 valence electrons. The van der Waals surface area contributed by atoms with Crippen LogP contribution in [0.3, 0.4) is 0 Å². The number of anilines is 1. The number of aryl methyl sites for hydroxylation is 1. The van der Waals surface area contributed by atoms with Crippen LogP contribution in [-0.4, -0.2) is 50.5 Å². The zero-order chi connectivity index (χ0) is 29.1. The van der Waals surface area contributed by atoms with Gasteiger partial charge in [-0.2, -0.15) is 0 Å². The fourth-order valence-corrected chi connectivity index (χ4v) is 5.64. The largest absolute Gasteiger partial charge is 0.354 e. The molecule has 9 heteroatoms. The molecule has 0 unspecified atom stereocenters. The number of halogens is 1. The predicted octanol–water partition coefficient (Wildman–Crippen LogP) is 5.33. The lowest BCUT2D eigenvalue weighted by Gasteiger charge is -2.34. The summed E-state index contributed by atoms with van der Waals surface area (Å²) in [5, 5.41) is 3.00. The van der Waals surface area contributed by atoms with Gasteiger partial charge in [0.25, 0.3) is 0 Å². The van der Waals surface area contributed by atoms with Gasteiger partial charge in [-0.15, -0.1) is 0 Å². The summed E-state index contributed by atoms with van der Waals surface area (Å²) in [4.78, 5) is 29.3. The second kappa shape index (κ2) is 15.0. The van der Waals surface area contributed by atoms with E-state index in [1.807, 2.05) is 80.6 Å². The van der Waals surface area contributed by atoms with Crippen LogP contribution in [-0.2, 0) is 39.0 Å². The van der Waals surface area contributed by atoms with Crippen molar-refractivity contribution in [2.45, 2.75) is 52.1 Å². The molecular weight excluding hydrogens is 590 g/mol. The second-order valence-electron chi connectivity index (χ2n) is 9.75. The van der Waals surface area contributed by atoms with Crippen LogP contribution in [0.25, 0.3) is 0 Å². The predicted molar refractivity (Wildman–Crippen MR) is 165 cm³/mol. The van der Waals surface area contributed by atoms with E-state index in [0.29, 0.717) is 25.1 Å². The lowest BCUT2D eigenvalue weighted by atomic mass is 10.0. The highest BCUT2D eigenvalue weighted by atomic mass is 79.9. The van der Waals surface area contributed by atoms with Crippen LogP contribution < -0.4 is 9.62 Å². The number of rotatable bonds is 14. The summed E-state index contributed by atoms with van der Waals surface area (Å²) in [5.74, 6) is -0.714. The molecule has 0 heterocycles. The van der Waals surface area contributed by atoms with Gasteiger partial charge in [-0.1, -0.05) is 96.9 Å². The van der Waals surface area contributed by atoms with E-state index in [4.69, 9.17) is 0 Å². The molecule has 0 radical (unpaired) electrons. The molecule has 0 aromatic heterocycles. The van der Waals surface area contributed by atoms with E-state index >= 15 is 0 Å². The maximum Gasteiger partial charge on any atom is 0.244 e. The highest BCUT2D eigenvalue weighted by Gasteiger charge is 2.33. The zero-order valence-corrected chi connectivity index (χ0v) is 25.7. The average molecular weight is 629 g/mol. The number of hydrogen-bond acceptors (Lipinski definition) is 4. The number of sulfonamides is 1. The van der Waals surface area contributed by atoms with Gasteiger partial charge in [0, 0.05) is 24.0 Å². The quantitative estimate of drug-likeness (QED) is 0.245. The number of carbonyl (C=O) groups excluding carboxylic acids is 2. The van der Waals surface area contributed by atoms with Crippen LogP contribution in [0, 0.1) is 0 Å². The Morgan fingerprint density at radius 3 is 2.17 bits per heavy atom. The third-order valence-electron chi connectivity index (χ3n) is 6.69. The Labute approximate surface area is 246 Å². The Bertz CT molecular complexity index is 1360. The molecule has 3 aromatic carbocycles. The summed E-state index contributed by atoms with van der Waals surface area (Å²) in [5.41, 5.74) is 3.02. The summed E-state index contributed by atoms with van der Waals surface area (Å²) >= 11 is 3.45. The summed E-state index contributed by atoms with van der Waals surface area (Å²) in [6.07, 6.45) is 3.75. The lowest BCUT2D eigenvalue weighted by molar-refractivity contribution is -0.140. The minimum atomic E-state index is -3.80. The third-order valence-corrected chi connectivity index (χ3v) is 8.34. The number of para-hydroxylation sites is 1. The number of carbonyl (C=O) groups is 2. The number of benzene rings is 3. The fraction of sp³-hybridized carbons (Fsp3) is 0.355. The Balaban J connectivity index is 2.05. The van der Waals surface area contributed by atoms with E-state index in [0.717, 1.165) is 44.6 Å². The van der Waals surface area contributed by atoms with Gasteiger partial charge in [-0.25, -0.2) is 8.42 Å². The van der Waals surface area contributed by atoms with E-state index in [2.05, 4.69) is 21.2 Å². The number of nitrogens with zero attached hydrogens (tertiary/aromatic N) is 2. The molecule has 0 aliphatic carbocycles. The molecule has 3 rings (SSSR count). The van der Waals surface area contributed by atoms with Crippen molar-refractivity contribution in [3.8, 4) is 0 Å². The van der Waals surface area contributed by atoms with Crippen molar-refractivity contribution < 1.29 is 18.0 Å². The zero-order valence-electron chi connectivity index (χ0n) is 23.3. The van der Waals surface area contributed by atoms with Crippen LogP contribution in [0.4, 0.5) is 5.69 Å². The van der Waals surface area contributed by atoms with Crippen LogP contribution >= 0.6 is 15.9 Å². The van der Waals surface area contributed by atoms with Gasteiger partial charge in [0.1, 0.15) is 12.6 Å². The van der Waals surface area contributed by atoms with Gasteiger partial charge in [0.2, 0.25) is 21.8 Å². The maximum absolute atomic E-state index is 14.1. The first-order chi connectivity index (χ1) is 19.1. The van der Waals surface area contributed by atoms with E-state index in [1.54, 1.807) is 12.1 Å². The van der Waals surface area contributed by atoms with Gasteiger partial charge in [-0.05, 0) is 47.7 Å². The van der Waals surface area contributed by atoms with E-state index < -0.39 is 28.5 Å². The molecule has 0 fully saturated rings. The molecule has 0 saturated heterocycles. The normalized spacial score (nSPS) is 12.0. The molecule has 0 saturated carbocycles. The van der Waals surface area contributed by atoms with Gasteiger partial charge in [0.05, 0.1) is 11.9 Å². The number of amides is 2.